The van der Waals surface area contributed by atoms with E-state index < -0.39 is 0 Å². The van der Waals surface area contributed by atoms with Crippen LogP contribution < -0.4 is 5.32 Å². The fourth-order valence-electron chi connectivity index (χ4n) is 2.74. The van der Waals surface area contributed by atoms with Crippen LogP contribution in [0.2, 0.25) is 0 Å². The van der Waals surface area contributed by atoms with Crippen LogP contribution in [0.3, 0.4) is 0 Å². The molecule has 0 aliphatic carbocycles. The van der Waals surface area contributed by atoms with Crippen LogP contribution in [0, 0.1) is 0 Å². The van der Waals surface area contributed by atoms with Crippen molar-refractivity contribution in [3.8, 4) is 0 Å². The van der Waals surface area contributed by atoms with Gasteiger partial charge in [-0.3, -0.25) is 4.79 Å². The first-order valence-corrected chi connectivity index (χ1v) is 9.57. The number of nitrogens with zero attached hydrogens (tertiary/aromatic N) is 1. The van der Waals surface area contributed by atoms with E-state index in [9.17, 15) is 4.79 Å². The van der Waals surface area contributed by atoms with Crippen LogP contribution in [0.15, 0.2) is 30.3 Å². The first-order chi connectivity index (χ1) is 11.3. The maximum Gasteiger partial charge on any atom is 0.224 e. The zero-order valence-corrected chi connectivity index (χ0v) is 16.0. The lowest BCUT2D eigenvalue weighted by Gasteiger charge is -2.27. The Labute approximate surface area is 156 Å². The van der Waals surface area contributed by atoms with Gasteiger partial charge in [-0.15, -0.1) is 12.4 Å². The van der Waals surface area contributed by atoms with E-state index in [2.05, 4.69) is 17.4 Å². The van der Waals surface area contributed by atoms with Crippen LogP contribution in [-0.2, 0) is 16.1 Å². The molecule has 1 saturated heterocycles. The fraction of sp³-hybridized carbons (Fsp3) is 0.611. The summed E-state index contributed by atoms with van der Waals surface area (Å²) in [5, 5.41) is 3.46. The number of nitrogens with one attached hydrogen (secondary N) is 1. The number of ether oxygens (including phenoxy) is 1. The molecule has 136 valence electrons. The molecule has 1 aliphatic heterocycles. The van der Waals surface area contributed by atoms with E-state index in [0.717, 1.165) is 44.0 Å². The molecule has 2 rings (SSSR count). The predicted molar refractivity (Wildman–Crippen MR) is 104 cm³/mol. The third-order valence-electron chi connectivity index (χ3n) is 4.01. The average Bonchev–Trinajstić information content (AvgIpc) is 2.59. The van der Waals surface area contributed by atoms with Crippen LogP contribution in [0.5, 0.6) is 0 Å². The van der Waals surface area contributed by atoms with E-state index in [1.165, 1.54) is 5.56 Å². The minimum atomic E-state index is 0. The second-order valence-electron chi connectivity index (χ2n) is 5.93. The number of halogens is 1. The van der Waals surface area contributed by atoms with Crippen LogP contribution in [0.25, 0.3) is 0 Å². The van der Waals surface area contributed by atoms with E-state index in [-0.39, 0.29) is 18.3 Å². The van der Waals surface area contributed by atoms with Crippen LogP contribution in [0.1, 0.15) is 24.8 Å². The highest BCUT2D eigenvalue weighted by Crippen LogP contribution is 2.14. The Morgan fingerprint density at radius 3 is 2.79 bits per heavy atom. The molecular formula is C18H29ClN2O2S. The van der Waals surface area contributed by atoms with Gasteiger partial charge in [0.2, 0.25) is 5.91 Å². The molecule has 0 radical (unpaired) electrons. The molecule has 1 aromatic carbocycles. The predicted octanol–water partition coefficient (Wildman–Crippen LogP) is 2.96. The van der Waals surface area contributed by atoms with Crippen molar-refractivity contribution in [2.24, 2.45) is 0 Å². The summed E-state index contributed by atoms with van der Waals surface area (Å²) in [7, 11) is 1.72. The second-order valence-corrected chi connectivity index (χ2v) is 7.08. The minimum absolute atomic E-state index is 0. The van der Waals surface area contributed by atoms with E-state index in [0.29, 0.717) is 19.0 Å². The Kier molecular flexibility index (Phi) is 11.2. The molecule has 1 amide bonds. The third kappa shape index (κ3) is 7.88. The van der Waals surface area contributed by atoms with Crippen molar-refractivity contribution >= 4 is 30.1 Å². The van der Waals surface area contributed by atoms with Gasteiger partial charge < -0.3 is 15.0 Å². The van der Waals surface area contributed by atoms with Crippen molar-refractivity contribution in [1.82, 2.24) is 10.2 Å². The van der Waals surface area contributed by atoms with Crippen molar-refractivity contribution < 1.29 is 9.53 Å². The van der Waals surface area contributed by atoms with Gasteiger partial charge in [0.1, 0.15) is 0 Å². The highest BCUT2D eigenvalue weighted by Gasteiger charge is 2.21. The number of thioether (sulfide) groups is 1. The molecule has 1 atom stereocenters. The number of unbranched alkanes of at least 4 members (excludes halogenated alkanes) is 1. The Morgan fingerprint density at radius 2 is 2.12 bits per heavy atom. The lowest BCUT2D eigenvalue weighted by Crippen LogP contribution is -2.42. The lowest BCUT2D eigenvalue weighted by atomic mass is 10.1. The van der Waals surface area contributed by atoms with Crippen molar-refractivity contribution in [3.05, 3.63) is 35.9 Å². The molecular weight excluding hydrogens is 344 g/mol. The standard InChI is InChI=1S/C18H28N2O2S.ClH/c1-22-11-6-5-10-20(14-16-7-3-2-4-8-16)18(21)13-17-15-23-12-9-19-17;/h2-4,7-8,17,19H,5-6,9-15H2,1H3;1H. The molecule has 0 saturated carbocycles. The van der Waals surface area contributed by atoms with Gasteiger partial charge in [0.25, 0.3) is 0 Å². The van der Waals surface area contributed by atoms with Gasteiger partial charge >= 0.3 is 0 Å². The monoisotopic (exact) mass is 372 g/mol. The summed E-state index contributed by atoms with van der Waals surface area (Å²) >= 11 is 1.94. The van der Waals surface area contributed by atoms with Crippen LogP contribution in [0.4, 0.5) is 0 Å². The number of amides is 1. The average molecular weight is 373 g/mol. The topological polar surface area (TPSA) is 41.6 Å². The van der Waals surface area contributed by atoms with Gasteiger partial charge in [-0.2, -0.15) is 11.8 Å². The van der Waals surface area contributed by atoms with Gasteiger partial charge in [0.15, 0.2) is 0 Å². The molecule has 1 aliphatic rings. The van der Waals surface area contributed by atoms with Crippen molar-refractivity contribution in [2.45, 2.75) is 31.8 Å². The summed E-state index contributed by atoms with van der Waals surface area (Å²) in [5.41, 5.74) is 1.19. The van der Waals surface area contributed by atoms with E-state index in [1.54, 1.807) is 7.11 Å². The van der Waals surface area contributed by atoms with Crippen LogP contribution in [-0.4, -0.2) is 55.2 Å². The molecule has 0 aromatic heterocycles. The minimum Gasteiger partial charge on any atom is -0.385 e. The van der Waals surface area contributed by atoms with Gasteiger partial charge in [-0.1, -0.05) is 30.3 Å². The lowest BCUT2D eigenvalue weighted by molar-refractivity contribution is -0.132. The fourth-order valence-corrected chi connectivity index (χ4v) is 3.68. The summed E-state index contributed by atoms with van der Waals surface area (Å²) in [6.07, 6.45) is 2.58. The Hall–Kier alpha value is -0.750. The molecule has 0 bridgehead atoms. The second kappa shape index (κ2) is 12.6. The molecule has 1 fully saturated rings. The number of hydrogen-bond donors (Lipinski definition) is 1. The first-order valence-electron chi connectivity index (χ1n) is 8.41. The first kappa shape index (κ1) is 21.3. The third-order valence-corrected chi connectivity index (χ3v) is 5.15. The molecule has 1 heterocycles. The molecule has 0 spiro atoms. The number of benzene rings is 1. The molecule has 24 heavy (non-hydrogen) atoms. The van der Waals surface area contributed by atoms with Crippen molar-refractivity contribution in [1.29, 1.82) is 0 Å². The Balaban J connectivity index is 0.00000288. The molecule has 1 unspecified atom stereocenters. The largest absolute Gasteiger partial charge is 0.385 e. The molecule has 4 nitrogen and oxygen atoms in total. The summed E-state index contributed by atoms with van der Waals surface area (Å²) in [6.45, 7) is 3.27. The van der Waals surface area contributed by atoms with E-state index in [4.69, 9.17) is 4.74 Å². The summed E-state index contributed by atoms with van der Waals surface area (Å²) in [4.78, 5) is 14.7. The Morgan fingerprint density at radius 1 is 1.33 bits per heavy atom. The van der Waals surface area contributed by atoms with E-state index in [1.807, 2.05) is 34.9 Å². The summed E-state index contributed by atoms with van der Waals surface area (Å²) < 4.78 is 5.11. The number of methoxy groups -OCH3 is 1. The quantitative estimate of drug-likeness (QED) is 0.677. The summed E-state index contributed by atoms with van der Waals surface area (Å²) in [6, 6.07) is 10.6. The zero-order valence-electron chi connectivity index (χ0n) is 14.4. The van der Waals surface area contributed by atoms with Gasteiger partial charge in [0.05, 0.1) is 0 Å². The van der Waals surface area contributed by atoms with Gasteiger partial charge in [0, 0.05) is 57.3 Å². The highest BCUT2D eigenvalue weighted by molar-refractivity contribution is 7.99. The SMILES string of the molecule is COCCCCN(Cc1ccccc1)C(=O)CC1CSCCN1.Cl. The normalized spacial score (nSPS) is 17.1. The molecule has 6 heteroatoms. The van der Waals surface area contributed by atoms with Gasteiger partial charge in [-0.05, 0) is 18.4 Å². The van der Waals surface area contributed by atoms with Crippen molar-refractivity contribution in [3.63, 3.8) is 0 Å². The maximum absolute atomic E-state index is 12.7. The number of rotatable bonds is 9. The molecule has 1 N–H and O–H groups in total. The number of carbonyl (C=O) groups is 1. The highest BCUT2D eigenvalue weighted by atomic mass is 35.5. The summed E-state index contributed by atoms with van der Waals surface area (Å²) in [5.74, 6) is 2.44. The number of hydrogen-bond acceptors (Lipinski definition) is 4. The Bertz CT molecular complexity index is 456. The smallest absolute Gasteiger partial charge is 0.224 e. The van der Waals surface area contributed by atoms with E-state index >= 15 is 0 Å². The number of carbonyl (C=O) groups excluding carboxylic acids is 1. The maximum atomic E-state index is 12.7. The van der Waals surface area contributed by atoms with Crippen molar-refractivity contribution in [2.75, 3.05) is 38.3 Å². The molecule has 1 aromatic rings. The van der Waals surface area contributed by atoms with Gasteiger partial charge in [-0.25, -0.2) is 0 Å². The van der Waals surface area contributed by atoms with Crippen LogP contribution >= 0.6 is 24.2 Å². The zero-order chi connectivity index (χ0) is 16.3.